The lowest BCUT2D eigenvalue weighted by molar-refractivity contribution is -0.143. The number of aliphatic carboxylic acids is 1. The van der Waals surface area contributed by atoms with Crippen molar-refractivity contribution in [1.82, 2.24) is 10.2 Å². The summed E-state index contributed by atoms with van der Waals surface area (Å²) in [7, 11) is 0. The van der Waals surface area contributed by atoms with Crippen molar-refractivity contribution in [1.29, 1.82) is 0 Å². The first-order chi connectivity index (χ1) is 10.9. The van der Waals surface area contributed by atoms with Crippen molar-refractivity contribution in [3.8, 4) is 0 Å². The van der Waals surface area contributed by atoms with Crippen LogP contribution in [-0.4, -0.2) is 40.5 Å². The van der Waals surface area contributed by atoms with Crippen LogP contribution in [0.25, 0.3) is 0 Å². The van der Waals surface area contributed by atoms with Crippen LogP contribution in [0.4, 0.5) is 0 Å². The van der Waals surface area contributed by atoms with Gasteiger partial charge < -0.3 is 10.4 Å². The number of fused-ring (bicyclic) bond motifs is 1. The van der Waals surface area contributed by atoms with E-state index in [1.807, 2.05) is 32.9 Å². The van der Waals surface area contributed by atoms with E-state index in [9.17, 15) is 14.7 Å². The van der Waals surface area contributed by atoms with E-state index < -0.39 is 12.0 Å². The summed E-state index contributed by atoms with van der Waals surface area (Å²) in [5, 5.41) is 12.0. The van der Waals surface area contributed by atoms with Gasteiger partial charge in [0.15, 0.2) is 0 Å². The molecule has 2 atom stereocenters. The van der Waals surface area contributed by atoms with Crippen molar-refractivity contribution in [2.24, 2.45) is 5.92 Å². The Labute approximate surface area is 137 Å². The molecule has 5 nitrogen and oxygen atoms in total. The number of hydrogen-bond acceptors (Lipinski definition) is 3. The van der Waals surface area contributed by atoms with E-state index in [0.717, 1.165) is 19.5 Å². The van der Waals surface area contributed by atoms with Gasteiger partial charge in [-0.2, -0.15) is 0 Å². The lowest BCUT2D eigenvalue weighted by Crippen LogP contribution is -2.51. The van der Waals surface area contributed by atoms with Crippen LogP contribution < -0.4 is 5.32 Å². The standard InChI is InChI=1S/C18H26N2O3/c1-12(2)10-16(18(22)23)19-17(21)13(3)20-9-8-14-6-4-5-7-15(14)11-20/h4-7,12-13,16H,8-11H2,1-3H3,(H,19,21)(H,22,23)/t13?,16-/m1/s1. The zero-order chi connectivity index (χ0) is 17.0. The first-order valence-electron chi connectivity index (χ1n) is 8.22. The minimum Gasteiger partial charge on any atom is -0.480 e. The predicted molar refractivity (Wildman–Crippen MR) is 89.0 cm³/mol. The Bertz CT molecular complexity index is 571. The molecule has 2 N–H and O–H groups in total. The highest BCUT2D eigenvalue weighted by molar-refractivity contribution is 5.86. The highest BCUT2D eigenvalue weighted by Gasteiger charge is 2.28. The van der Waals surface area contributed by atoms with Crippen LogP contribution in [0.3, 0.4) is 0 Å². The number of carbonyl (C=O) groups is 2. The molecule has 0 aromatic heterocycles. The molecule has 5 heteroatoms. The highest BCUT2D eigenvalue weighted by atomic mass is 16.4. The summed E-state index contributed by atoms with van der Waals surface area (Å²) in [5.41, 5.74) is 2.58. The number of benzene rings is 1. The number of nitrogens with one attached hydrogen (secondary N) is 1. The van der Waals surface area contributed by atoms with Crippen LogP contribution in [0.15, 0.2) is 24.3 Å². The molecule has 0 radical (unpaired) electrons. The van der Waals surface area contributed by atoms with Crippen LogP contribution in [-0.2, 0) is 22.6 Å². The summed E-state index contributed by atoms with van der Waals surface area (Å²) in [6.45, 7) is 7.29. The maximum absolute atomic E-state index is 12.4. The van der Waals surface area contributed by atoms with Crippen molar-refractivity contribution in [3.05, 3.63) is 35.4 Å². The molecule has 0 saturated heterocycles. The van der Waals surface area contributed by atoms with Crippen LogP contribution in [0.5, 0.6) is 0 Å². The Balaban J connectivity index is 1.98. The Hall–Kier alpha value is -1.88. The number of hydrogen-bond donors (Lipinski definition) is 2. The van der Waals surface area contributed by atoms with E-state index in [-0.39, 0.29) is 17.9 Å². The van der Waals surface area contributed by atoms with Crippen molar-refractivity contribution in [3.63, 3.8) is 0 Å². The number of carboxylic acids is 1. The Morgan fingerprint density at radius 3 is 2.48 bits per heavy atom. The fraction of sp³-hybridized carbons (Fsp3) is 0.556. The molecule has 0 saturated carbocycles. The molecule has 0 aliphatic carbocycles. The van der Waals surface area contributed by atoms with Crippen molar-refractivity contribution >= 4 is 11.9 Å². The summed E-state index contributed by atoms with van der Waals surface area (Å²) in [6, 6.07) is 7.11. The normalized spacial score (nSPS) is 17.4. The number of carboxylic acid groups (broad SMARTS) is 1. The molecule has 1 amide bonds. The number of rotatable bonds is 6. The molecule has 1 aromatic carbocycles. The van der Waals surface area contributed by atoms with E-state index in [0.29, 0.717) is 6.42 Å². The maximum Gasteiger partial charge on any atom is 0.326 e. The second kappa shape index (κ2) is 7.59. The zero-order valence-electron chi connectivity index (χ0n) is 14.1. The first-order valence-corrected chi connectivity index (χ1v) is 8.22. The van der Waals surface area contributed by atoms with E-state index in [1.54, 1.807) is 0 Å². The van der Waals surface area contributed by atoms with Gasteiger partial charge in [-0.3, -0.25) is 9.69 Å². The Morgan fingerprint density at radius 2 is 1.87 bits per heavy atom. The van der Waals surface area contributed by atoms with Gasteiger partial charge in [0.05, 0.1) is 6.04 Å². The lowest BCUT2D eigenvalue weighted by Gasteiger charge is -2.33. The van der Waals surface area contributed by atoms with Crippen LogP contribution in [0.2, 0.25) is 0 Å². The van der Waals surface area contributed by atoms with Crippen LogP contribution in [0.1, 0.15) is 38.3 Å². The topological polar surface area (TPSA) is 69.6 Å². The van der Waals surface area contributed by atoms with E-state index in [4.69, 9.17) is 0 Å². The highest BCUT2D eigenvalue weighted by Crippen LogP contribution is 2.20. The molecule has 0 bridgehead atoms. The molecular formula is C18H26N2O3. The zero-order valence-corrected chi connectivity index (χ0v) is 14.1. The maximum atomic E-state index is 12.4. The smallest absolute Gasteiger partial charge is 0.326 e. The molecule has 1 aliphatic rings. The largest absolute Gasteiger partial charge is 0.480 e. The summed E-state index contributed by atoms with van der Waals surface area (Å²) >= 11 is 0. The molecular weight excluding hydrogens is 292 g/mol. The molecule has 1 unspecified atom stereocenters. The van der Waals surface area contributed by atoms with Gasteiger partial charge >= 0.3 is 5.97 Å². The fourth-order valence-corrected chi connectivity index (χ4v) is 3.00. The van der Waals surface area contributed by atoms with E-state index >= 15 is 0 Å². The molecule has 2 rings (SSSR count). The van der Waals surface area contributed by atoms with Gasteiger partial charge in [-0.05, 0) is 36.8 Å². The molecule has 23 heavy (non-hydrogen) atoms. The summed E-state index contributed by atoms with van der Waals surface area (Å²) < 4.78 is 0. The van der Waals surface area contributed by atoms with Gasteiger partial charge in [0.1, 0.15) is 6.04 Å². The lowest BCUT2D eigenvalue weighted by atomic mass is 9.98. The predicted octanol–water partition coefficient (Wildman–Crippen LogP) is 2.05. The Morgan fingerprint density at radius 1 is 1.22 bits per heavy atom. The number of nitrogens with zero attached hydrogens (tertiary/aromatic N) is 1. The van der Waals surface area contributed by atoms with Crippen LogP contribution in [0, 0.1) is 5.92 Å². The molecule has 126 valence electrons. The van der Waals surface area contributed by atoms with Gasteiger partial charge in [-0.1, -0.05) is 38.1 Å². The molecule has 0 fully saturated rings. The third-order valence-corrected chi connectivity index (χ3v) is 4.41. The number of amides is 1. The van der Waals surface area contributed by atoms with E-state index in [1.165, 1.54) is 11.1 Å². The van der Waals surface area contributed by atoms with Crippen molar-refractivity contribution < 1.29 is 14.7 Å². The van der Waals surface area contributed by atoms with Crippen LogP contribution >= 0.6 is 0 Å². The van der Waals surface area contributed by atoms with Crippen molar-refractivity contribution in [2.45, 2.75) is 52.2 Å². The molecule has 1 heterocycles. The fourth-order valence-electron chi connectivity index (χ4n) is 3.00. The van der Waals surface area contributed by atoms with Gasteiger partial charge in [-0.15, -0.1) is 0 Å². The third-order valence-electron chi connectivity index (χ3n) is 4.41. The minimum absolute atomic E-state index is 0.211. The van der Waals surface area contributed by atoms with Gasteiger partial charge in [0.25, 0.3) is 0 Å². The quantitative estimate of drug-likeness (QED) is 0.842. The summed E-state index contributed by atoms with van der Waals surface area (Å²) in [6.07, 6.45) is 1.36. The summed E-state index contributed by atoms with van der Waals surface area (Å²) in [5.74, 6) is -0.964. The SMILES string of the molecule is CC(C)C[C@@H](NC(=O)C(C)N1CCc2ccccc2C1)C(=O)O. The average Bonchev–Trinajstić information content (AvgIpc) is 2.52. The average molecular weight is 318 g/mol. The minimum atomic E-state index is -0.969. The second-order valence-corrected chi connectivity index (χ2v) is 6.69. The number of carbonyl (C=O) groups excluding carboxylic acids is 1. The van der Waals surface area contributed by atoms with E-state index in [2.05, 4.69) is 22.3 Å². The first kappa shape index (κ1) is 17.5. The van der Waals surface area contributed by atoms with Gasteiger partial charge in [0.2, 0.25) is 5.91 Å². The monoisotopic (exact) mass is 318 g/mol. The van der Waals surface area contributed by atoms with Gasteiger partial charge in [-0.25, -0.2) is 4.79 Å². The molecule has 1 aliphatic heterocycles. The Kier molecular flexibility index (Phi) is 5.77. The molecule has 0 spiro atoms. The van der Waals surface area contributed by atoms with Crippen molar-refractivity contribution in [2.75, 3.05) is 6.54 Å². The second-order valence-electron chi connectivity index (χ2n) is 6.69. The summed E-state index contributed by atoms with van der Waals surface area (Å²) in [4.78, 5) is 25.8. The molecule has 1 aromatic rings. The third kappa shape index (κ3) is 4.55. The van der Waals surface area contributed by atoms with Gasteiger partial charge in [0, 0.05) is 13.1 Å².